The van der Waals surface area contributed by atoms with E-state index < -0.39 is 0 Å². The van der Waals surface area contributed by atoms with Gasteiger partial charge in [-0.25, -0.2) is 9.37 Å². The maximum absolute atomic E-state index is 14.7. The summed E-state index contributed by atoms with van der Waals surface area (Å²) < 4.78 is 20.7. The molecule has 3 aromatic carbocycles. The number of carbonyl (C=O) groups excluding carboxylic acids is 2. The number of ether oxygens (including phenoxy) is 1. The van der Waals surface area contributed by atoms with Gasteiger partial charge in [-0.05, 0) is 72.7 Å². The van der Waals surface area contributed by atoms with Gasteiger partial charge in [0, 0.05) is 29.1 Å². The number of hydrogen-bond donors (Lipinski definition) is 2. The van der Waals surface area contributed by atoms with Crippen molar-refractivity contribution < 1.29 is 18.7 Å². The van der Waals surface area contributed by atoms with Gasteiger partial charge in [-0.1, -0.05) is 19.1 Å². The Morgan fingerprint density at radius 1 is 1.16 bits per heavy atom. The molecule has 9 heteroatoms. The number of H-pyrrole nitrogens is 1. The minimum Gasteiger partial charge on any atom is -0.491 e. The predicted molar refractivity (Wildman–Crippen MR) is 147 cm³/mol. The van der Waals surface area contributed by atoms with E-state index in [2.05, 4.69) is 15.3 Å². The minimum absolute atomic E-state index is 0.219. The van der Waals surface area contributed by atoms with Crippen LogP contribution < -0.4 is 10.1 Å². The van der Waals surface area contributed by atoms with Gasteiger partial charge in [-0.2, -0.15) is 0 Å². The molecule has 1 aromatic heterocycles. The molecule has 0 saturated heterocycles. The van der Waals surface area contributed by atoms with Gasteiger partial charge in [-0.3, -0.25) is 9.59 Å². The number of fused-ring (bicyclic) bond motifs is 2. The smallest absolute Gasteiger partial charge is 0.287 e. The molecular formula is C29H29FN4O3S. The summed E-state index contributed by atoms with van der Waals surface area (Å²) in [5.74, 6) is 0.213. The summed E-state index contributed by atoms with van der Waals surface area (Å²) in [5, 5.41) is 2.83. The molecular weight excluding hydrogens is 503 g/mol. The van der Waals surface area contributed by atoms with Crippen molar-refractivity contribution in [1.82, 2.24) is 20.2 Å². The van der Waals surface area contributed by atoms with Crippen molar-refractivity contribution in [3.63, 3.8) is 0 Å². The van der Waals surface area contributed by atoms with E-state index in [4.69, 9.17) is 4.74 Å². The van der Waals surface area contributed by atoms with E-state index in [0.717, 1.165) is 34.4 Å². The molecule has 5 rings (SSSR count). The number of carbonyl (C=O) groups is 2. The second-order valence-corrected chi connectivity index (χ2v) is 10.1. The third-order valence-corrected chi connectivity index (χ3v) is 7.45. The first-order valence-corrected chi connectivity index (χ1v) is 13.8. The average Bonchev–Trinajstić information content (AvgIpc) is 3.24. The van der Waals surface area contributed by atoms with Crippen molar-refractivity contribution in [3.05, 3.63) is 76.9 Å². The van der Waals surface area contributed by atoms with Crippen LogP contribution in [-0.2, 0) is 6.54 Å². The third kappa shape index (κ3) is 4.98. The Morgan fingerprint density at radius 3 is 2.74 bits per heavy atom. The Balaban J connectivity index is 1.42. The fourth-order valence-electron chi connectivity index (χ4n) is 4.59. The molecule has 0 saturated carbocycles. The van der Waals surface area contributed by atoms with Crippen molar-refractivity contribution in [2.45, 2.75) is 31.7 Å². The molecule has 0 aliphatic carbocycles. The van der Waals surface area contributed by atoms with Gasteiger partial charge in [0.1, 0.15) is 18.2 Å². The summed E-state index contributed by atoms with van der Waals surface area (Å²) in [6.45, 7) is 5.34. The van der Waals surface area contributed by atoms with Crippen LogP contribution >= 0.6 is 11.8 Å². The molecule has 0 unspecified atom stereocenters. The molecule has 2 amide bonds. The lowest BCUT2D eigenvalue weighted by molar-refractivity contribution is 0.0731. The van der Waals surface area contributed by atoms with E-state index in [1.807, 2.05) is 49.6 Å². The highest BCUT2D eigenvalue weighted by Crippen LogP contribution is 2.32. The van der Waals surface area contributed by atoms with E-state index in [-0.39, 0.29) is 23.5 Å². The number of nitrogens with zero attached hydrogens (tertiary/aromatic N) is 2. The van der Waals surface area contributed by atoms with Crippen molar-refractivity contribution in [2.24, 2.45) is 0 Å². The van der Waals surface area contributed by atoms with Crippen LogP contribution in [0.3, 0.4) is 0 Å². The number of benzene rings is 3. The third-order valence-electron chi connectivity index (χ3n) is 6.69. The summed E-state index contributed by atoms with van der Waals surface area (Å²) in [6, 6.07) is 15.1. The van der Waals surface area contributed by atoms with Crippen molar-refractivity contribution >= 4 is 34.6 Å². The van der Waals surface area contributed by atoms with Crippen LogP contribution in [0.25, 0.3) is 22.2 Å². The zero-order chi connectivity index (χ0) is 26.8. The van der Waals surface area contributed by atoms with Gasteiger partial charge in [-0.15, -0.1) is 11.8 Å². The second-order valence-electron chi connectivity index (χ2n) is 9.23. The first-order chi connectivity index (χ1) is 18.4. The predicted octanol–water partition coefficient (Wildman–Crippen LogP) is 5.57. The topological polar surface area (TPSA) is 87.3 Å². The van der Waals surface area contributed by atoms with Crippen molar-refractivity contribution in [3.8, 4) is 16.9 Å². The Bertz CT molecular complexity index is 1530. The molecule has 0 fully saturated rings. The number of rotatable bonds is 6. The molecule has 2 heterocycles. The molecule has 0 radical (unpaired) electrons. The quantitative estimate of drug-likeness (QED) is 0.317. The molecule has 38 heavy (non-hydrogen) atoms. The number of hydrogen-bond acceptors (Lipinski definition) is 5. The highest BCUT2D eigenvalue weighted by molar-refractivity contribution is 7.98. The first kappa shape index (κ1) is 25.8. The molecule has 0 spiro atoms. The van der Waals surface area contributed by atoms with E-state index in [9.17, 15) is 14.0 Å². The van der Waals surface area contributed by atoms with Crippen LogP contribution in [0.1, 0.15) is 45.4 Å². The molecule has 0 atom stereocenters. The molecule has 2 N–H and O–H groups in total. The zero-order valence-electron chi connectivity index (χ0n) is 21.6. The molecule has 0 bridgehead atoms. The normalized spacial score (nSPS) is 13.1. The SMILES string of the molecule is CCCNC(=O)c1nc2ccc(-c3ccc4c(c3)CN(C(=O)c3ccc(SC)c(F)c3C)CCO4)cc2[nH]1. The number of nitrogens with one attached hydrogen (secondary N) is 2. The maximum Gasteiger partial charge on any atom is 0.287 e. The molecule has 1 aliphatic heterocycles. The maximum atomic E-state index is 14.7. The second kappa shape index (κ2) is 10.9. The summed E-state index contributed by atoms with van der Waals surface area (Å²) in [5.41, 5.74) is 4.95. The van der Waals surface area contributed by atoms with Crippen LogP contribution in [0.15, 0.2) is 53.4 Å². The summed E-state index contributed by atoms with van der Waals surface area (Å²) in [4.78, 5) is 35.5. The lowest BCUT2D eigenvalue weighted by atomic mass is 10.0. The number of thioether (sulfide) groups is 1. The Morgan fingerprint density at radius 2 is 1.95 bits per heavy atom. The monoisotopic (exact) mass is 532 g/mol. The van der Waals surface area contributed by atoms with Gasteiger partial charge in [0.25, 0.3) is 11.8 Å². The first-order valence-electron chi connectivity index (χ1n) is 12.6. The van der Waals surface area contributed by atoms with Gasteiger partial charge >= 0.3 is 0 Å². The van der Waals surface area contributed by atoms with Crippen molar-refractivity contribution in [1.29, 1.82) is 0 Å². The van der Waals surface area contributed by atoms with Gasteiger partial charge in [0.05, 0.1) is 17.6 Å². The van der Waals surface area contributed by atoms with Gasteiger partial charge in [0.15, 0.2) is 5.82 Å². The highest BCUT2D eigenvalue weighted by Gasteiger charge is 2.24. The molecule has 196 valence electrons. The summed E-state index contributed by atoms with van der Waals surface area (Å²) in [6.07, 6.45) is 2.66. The Kier molecular flexibility index (Phi) is 7.37. The lowest BCUT2D eigenvalue weighted by Crippen LogP contribution is -2.33. The fraction of sp³-hybridized carbons (Fsp3) is 0.276. The summed E-state index contributed by atoms with van der Waals surface area (Å²) >= 11 is 1.32. The largest absolute Gasteiger partial charge is 0.491 e. The lowest BCUT2D eigenvalue weighted by Gasteiger charge is -2.21. The van der Waals surface area contributed by atoms with E-state index in [1.165, 1.54) is 11.8 Å². The van der Waals surface area contributed by atoms with Gasteiger partial charge < -0.3 is 19.9 Å². The number of imidazole rings is 1. The number of aromatic amines is 1. The van der Waals surface area contributed by atoms with Crippen molar-refractivity contribution in [2.75, 3.05) is 26.0 Å². The van der Waals surface area contributed by atoms with E-state index in [1.54, 1.807) is 24.0 Å². The molecule has 4 aromatic rings. The fourth-order valence-corrected chi connectivity index (χ4v) is 5.12. The zero-order valence-corrected chi connectivity index (χ0v) is 22.4. The highest BCUT2D eigenvalue weighted by atomic mass is 32.2. The molecule has 7 nitrogen and oxygen atoms in total. The van der Waals surface area contributed by atoms with Crippen LogP contribution in [-0.4, -0.2) is 52.6 Å². The van der Waals surface area contributed by atoms with E-state index in [0.29, 0.717) is 47.8 Å². The number of halogens is 1. The van der Waals surface area contributed by atoms with Gasteiger partial charge in [0.2, 0.25) is 0 Å². The summed E-state index contributed by atoms with van der Waals surface area (Å²) in [7, 11) is 0. The Labute approximate surface area is 224 Å². The number of amides is 2. The van der Waals surface area contributed by atoms with Crippen LogP contribution in [0.4, 0.5) is 4.39 Å². The Hall–Kier alpha value is -3.85. The average molecular weight is 533 g/mol. The standard InChI is InChI=1S/C29H29FN4O3S/c1-4-11-31-28(35)27-32-22-8-5-19(15-23(22)33-27)18-6-9-24-20(14-18)16-34(12-13-37-24)29(36)21-7-10-25(38-3)26(30)17(21)2/h5-10,14-15H,4,11-13,16H2,1-3H3,(H,31,35)(H,32,33). The number of aromatic nitrogens is 2. The van der Waals surface area contributed by atoms with Crippen LogP contribution in [0, 0.1) is 12.7 Å². The minimum atomic E-state index is -0.350. The van der Waals surface area contributed by atoms with Crippen LogP contribution in [0.5, 0.6) is 5.75 Å². The van der Waals surface area contributed by atoms with Crippen LogP contribution in [0.2, 0.25) is 0 Å². The molecule has 1 aliphatic rings. The van der Waals surface area contributed by atoms with E-state index >= 15 is 0 Å².